The smallest absolute Gasteiger partial charge is 0.383 e. The van der Waals surface area contributed by atoms with E-state index < -0.39 is 29.9 Å². The summed E-state index contributed by atoms with van der Waals surface area (Å²) in [6.45, 7) is 2.98. The zero-order chi connectivity index (χ0) is 24.3. The minimum atomic E-state index is -4.55. The molecule has 1 aromatic carbocycles. The summed E-state index contributed by atoms with van der Waals surface area (Å²) >= 11 is 0. The number of anilines is 2. The van der Waals surface area contributed by atoms with Crippen LogP contribution in [-0.4, -0.2) is 26.1 Å². The largest absolute Gasteiger partial charge is 0.416 e. The van der Waals surface area contributed by atoms with Crippen LogP contribution in [0.3, 0.4) is 0 Å². The lowest BCUT2D eigenvalue weighted by molar-refractivity contribution is -0.138. The maximum Gasteiger partial charge on any atom is 0.416 e. The SMILES string of the molecule is Cc1ccc(NC(=O)c2cc([C@@H](C)NC(O)c3ncnc(N)c3CN)no2)cc1C(F)(F)F. The van der Waals surface area contributed by atoms with E-state index >= 15 is 0 Å². The maximum absolute atomic E-state index is 13.1. The van der Waals surface area contributed by atoms with Gasteiger partial charge >= 0.3 is 6.18 Å². The van der Waals surface area contributed by atoms with Crippen molar-refractivity contribution < 1.29 is 27.6 Å². The van der Waals surface area contributed by atoms with Crippen LogP contribution in [-0.2, 0) is 12.7 Å². The van der Waals surface area contributed by atoms with E-state index in [1.165, 1.54) is 31.5 Å². The monoisotopic (exact) mass is 465 g/mol. The Hall–Kier alpha value is -3.55. The van der Waals surface area contributed by atoms with E-state index in [9.17, 15) is 23.1 Å². The molecule has 3 rings (SSSR count). The van der Waals surface area contributed by atoms with Gasteiger partial charge in [-0.1, -0.05) is 11.2 Å². The number of nitrogen functional groups attached to an aromatic ring is 1. The molecule has 3 aromatic rings. The highest BCUT2D eigenvalue weighted by atomic mass is 19.4. The summed E-state index contributed by atoms with van der Waals surface area (Å²) in [4.78, 5) is 20.2. The number of alkyl halides is 3. The summed E-state index contributed by atoms with van der Waals surface area (Å²) < 4.78 is 44.3. The third kappa shape index (κ3) is 5.45. The molecule has 7 N–H and O–H groups in total. The van der Waals surface area contributed by atoms with Gasteiger partial charge in [0.1, 0.15) is 24.1 Å². The topological polar surface area (TPSA) is 165 Å². The molecule has 1 unspecified atom stereocenters. The molecule has 2 atom stereocenters. The Morgan fingerprint density at radius 2 is 2.00 bits per heavy atom. The van der Waals surface area contributed by atoms with E-state index in [4.69, 9.17) is 16.0 Å². The Bertz CT molecular complexity index is 1150. The molecule has 0 spiro atoms. The Labute approximate surface area is 186 Å². The fourth-order valence-corrected chi connectivity index (χ4v) is 3.08. The summed E-state index contributed by atoms with van der Waals surface area (Å²) in [7, 11) is 0. The third-order valence-electron chi connectivity index (χ3n) is 4.88. The van der Waals surface area contributed by atoms with Gasteiger partial charge in [0.05, 0.1) is 17.3 Å². The number of benzene rings is 1. The first-order valence-corrected chi connectivity index (χ1v) is 9.70. The number of amides is 1. The van der Waals surface area contributed by atoms with E-state index in [1.807, 2.05) is 0 Å². The fourth-order valence-electron chi connectivity index (χ4n) is 3.08. The zero-order valence-electron chi connectivity index (χ0n) is 17.6. The van der Waals surface area contributed by atoms with E-state index in [0.29, 0.717) is 5.56 Å². The summed E-state index contributed by atoms with van der Waals surface area (Å²) in [6.07, 6.45) is -4.64. The van der Waals surface area contributed by atoms with Gasteiger partial charge in [-0.25, -0.2) is 9.97 Å². The minimum Gasteiger partial charge on any atom is -0.383 e. The number of halogens is 3. The molecule has 0 saturated heterocycles. The number of nitrogens with one attached hydrogen (secondary N) is 2. The summed E-state index contributed by atoms with van der Waals surface area (Å²) in [5.74, 6) is -0.871. The van der Waals surface area contributed by atoms with E-state index in [-0.39, 0.29) is 40.8 Å². The molecule has 0 saturated carbocycles. The van der Waals surface area contributed by atoms with Gasteiger partial charge in [-0.05, 0) is 31.5 Å². The number of carbonyl (C=O) groups excluding carboxylic acids is 1. The van der Waals surface area contributed by atoms with Crippen LogP contribution in [0, 0.1) is 6.92 Å². The highest BCUT2D eigenvalue weighted by molar-refractivity contribution is 6.02. The number of rotatable bonds is 7. The van der Waals surface area contributed by atoms with E-state index in [2.05, 4.69) is 25.8 Å². The number of nitrogens with two attached hydrogens (primary N) is 2. The number of nitrogens with zero attached hydrogens (tertiary/aromatic N) is 3. The number of hydrogen-bond donors (Lipinski definition) is 5. The van der Waals surface area contributed by atoms with Crippen molar-refractivity contribution in [2.24, 2.45) is 5.73 Å². The average molecular weight is 465 g/mol. The fraction of sp³-hybridized carbons (Fsp3) is 0.300. The lowest BCUT2D eigenvalue weighted by Crippen LogP contribution is -2.27. The van der Waals surface area contributed by atoms with Crippen LogP contribution < -0.4 is 22.1 Å². The Morgan fingerprint density at radius 3 is 2.67 bits per heavy atom. The molecule has 10 nitrogen and oxygen atoms in total. The van der Waals surface area contributed by atoms with Gasteiger partial charge in [-0.3, -0.25) is 10.1 Å². The molecular weight excluding hydrogens is 443 g/mol. The maximum atomic E-state index is 13.1. The van der Waals surface area contributed by atoms with Gasteiger partial charge < -0.3 is 26.4 Å². The highest BCUT2D eigenvalue weighted by Crippen LogP contribution is 2.33. The number of carbonyl (C=O) groups is 1. The van der Waals surface area contributed by atoms with Gasteiger partial charge in [-0.2, -0.15) is 13.2 Å². The van der Waals surface area contributed by atoms with Crippen molar-refractivity contribution in [3.05, 3.63) is 64.4 Å². The third-order valence-corrected chi connectivity index (χ3v) is 4.88. The predicted octanol–water partition coefficient (Wildman–Crippen LogP) is 2.43. The second-order valence-electron chi connectivity index (χ2n) is 7.22. The molecule has 13 heteroatoms. The van der Waals surface area contributed by atoms with Crippen molar-refractivity contribution in [1.82, 2.24) is 20.4 Å². The van der Waals surface area contributed by atoms with Gasteiger partial charge in [0.2, 0.25) is 5.76 Å². The molecule has 2 heterocycles. The molecular formula is C20H22F3N7O3. The lowest BCUT2D eigenvalue weighted by atomic mass is 10.1. The quantitative estimate of drug-likeness (QED) is 0.329. The normalized spacial score (nSPS) is 13.5. The number of aromatic nitrogens is 3. The molecule has 176 valence electrons. The second-order valence-corrected chi connectivity index (χ2v) is 7.22. The molecule has 33 heavy (non-hydrogen) atoms. The number of aliphatic hydroxyl groups excluding tert-OH is 1. The molecule has 0 radical (unpaired) electrons. The van der Waals surface area contributed by atoms with Crippen LogP contribution in [0.5, 0.6) is 0 Å². The molecule has 0 aliphatic heterocycles. The molecule has 1 amide bonds. The first-order valence-electron chi connectivity index (χ1n) is 9.70. The van der Waals surface area contributed by atoms with E-state index in [0.717, 1.165) is 6.07 Å². The van der Waals surface area contributed by atoms with Crippen molar-refractivity contribution >= 4 is 17.4 Å². The van der Waals surface area contributed by atoms with Crippen LogP contribution in [0.25, 0.3) is 0 Å². The molecule has 2 aromatic heterocycles. The molecule has 0 aliphatic rings. The zero-order valence-corrected chi connectivity index (χ0v) is 17.6. The second kappa shape index (κ2) is 9.52. The Morgan fingerprint density at radius 1 is 1.27 bits per heavy atom. The molecule has 0 fully saturated rings. The number of aryl methyl sites for hydroxylation is 1. The summed E-state index contributed by atoms with van der Waals surface area (Å²) in [5.41, 5.74) is 11.3. The molecule has 0 aliphatic carbocycles. The average Bonchev–Trinajstić information content (AvgIpc) is 3.24. The van der Waals surface area contributed by atoms with Gasteiger partial charge in [0.15, 0.2) is 0 Å². The van der Waals surface area contributed by atoms with Gasteiger partial charge in [-0.15, -0.1) is 0 Å². The minimum absolute atomic E-state index is 0.0124. The number of aliphatic hydroxyl groups is 1. The van der Waals surface area contributed by atoms with Crippen molar-refractivity contribution in [2.45, 2.75) is 38.8 Å². The predicted molar refractivity (Wildman–Crippen MR) is 111 cm³/mol. The van der Waals surface area contributed by atoms with Crippen molar-refractivity contribution in [3.8, 4) is 0 Å². The van der Waals surface area contributed by atoms with Crippen LogP contribution in [0.15, 0.2) is 35.1 Å². The van der Waals surface area contributed by atoms with Crippen LogP contribution >= 0.6 is 0 Å². The molecule has 0 bridgehead atoms. The summed E-state index contributed by atoms with van der Waals surface area (Å²) in [6, 6.07) is 4.14. The van der Waals surface area contributed by atoms with E-state index in [1.54, 1.807) is 6.92 Å². The Balaban J connectivity index is 1.70. The first kappa shape index (κ1) is 24.1. The standard InChI is InChI=1S/C20H22F3N7O3/c1-9-3-4-11(5-13(9)20(21,22)23)29-18(31)15-6-14(30-33-15)10(2)28-19(32)16-12(7-24)17(25)27-8-26-16/h3-6,8,10,19,28,32H,7,24H2,1-2H3,(H,29,31)(H2,25,26,27)/t10-,19?/m1/s1. The summed E-state index contributed by atoms with van der Waals surface area (Å²) in [5, 5.41) is 19.4. The van der Waals surface area contributed by atoms with Crippen LogP contribution in [0.4, 0.5) is 24.7 Å². The highest BCUT2D eigenvalue weighted by Gasteiger charge is 2.32. The van der Waals surface area contributed by atoms with Crippen molar-refractivity contribution in [1.29, 1.82) is 0 Å². The van der Waals surface area contributed by atoms with Gasteiger partial charge in [0, 0.05) is 23.9 Å². The van der Waals surface area contributed by atoms with Gasteiger partial charge in [0.25, 0.3) is 5.91 Å². The first-order chi connectivity index (χ1) is 15.5. The van der Waals surface area contributed by atoms with Crippen molar-refractivity contribution in [3.63, 3.8) is 0 Å². The Kier molecular flexibility index (Phi) is 6.95. The van der Waals surface area contributed by atoms with Crippen LogP contribution in [0.2, 0.25) is 0 Å². The van der Waals surface area contributed by atoms with Crippen LogP contribution in [0.1, 0.15) is 57.8 Å². The van der Waals surface area contributed by atoms with Crippen molar-refractivity contribution in [2.75, 3.05) is 11.1 Å². The lowest BCUT2D eigenvalue weighted by Gasteiger charge is -2.19. The number of hydrogen-bond acceptors (Lipinski definition) is 9.